The van der Waals surface area contributed by atoms with Crippen LogP contribution in [0, 0.1) is 19.7 Å². The summed E-state index contributed by atoms with van der Waals surface area (Å²) in [7, 11) is 0. The summed E-state index contributed by atoms with van der Waals surface area (Å²) < 4.78 is 14.7. The van der Waals surface area contributed by atoms with Gasteiger partial charge in [-0.3, -0.25) is 14.2 Å². The predicted octanol–water partition coefficient (Wildman–Crippen LogP) is 4.61. The number of halogens is 3. The van der Waals surface area contributed by atoms with Crippen LogP contribution in [0.15, 0.2) is 47.3 Å². The van der Waals surface area contributed by atoms with Gasteiger partial charge in [-0.05, 0) is 44.2 Å². The molecule has 5 nitrogen and oxygen atoms in total. The molecule has 0 unspecified atom stereocenters. The summed E-state index contributed by atoms with van der Waals surface area (Å²) in [5, 5.41) is 3.20. The largest absolute Gasteiger partial charge is 0.323 e. The summed E-state index contributed by atoms with van der Waals surface area (Å²) in [6.45, 7) is 3.05. The smallest absolute Gasteiger partial charge is 0.257 e. The molecule has 0 aliphatic heterocycles. The van der Waals surface area contributed by atoms with Gasteiger partial charge in [0.2, 0.25) is 5.91 Å². The zero-order chi connectivity index (χ0) is 20.4. The van der Waals surface area contributed by atoms with Crippen molar-refractivity contribution in [1.82, 2.24) is 9.55 Å². The molecule has 0 bridgehead atoms. The second kappa shape index (κ2) is 8.12. The molecule has 0 atom stereocenters. The highest BCUT2D eigenvalue weighted by molar-refractivity contribution is 6.33. The Balaban J connectivity index is 2.01. The van der Waals surface area contributed by atoms with E-state index in [1.165, 1.54) is 16.7 Å². The second-order valence-electron chi connectivity index (χ2n) is 6.22. The Bertz CT molecular complexity index is 1130. The molecule has 0 radical (unpaired) electrons. The Hall–Kier alpha value is -2.70. The molecule has 1 N–H and O–H groups in total. The molecule has 1 aromatic heterocycles. The van der Waals surface area contributed by atoms with E-state index < -0.39 is 11.7 Å². The molecular formula is C20H16Cl2FN3O2. The van der Waals surface area contributed by atoms with Crippen LogP contribution < -0.4 is 10.9 Å². The van der Waals surface area contributed by atoms with E-state index in [-0.39, 0.29) is 22.8 Å². The molecule has 0 saturated carbocycles. The van der Waals surface area contributed by atoms with Gasteiger partial charge in [-0.1, -0.05) is 35.3 Å². The molecular weight excluding hydrogens is 404 g/mol. The predicted molar refractivity (Wildman–Crippen MR) is 108 cm³/mol. The Morgan fingerprint density at radius 3 is 2.64 bits per heavy atom. The first kappa shape index (κ1) is 20.0. The highest BCUT2D eigenvalue weighted by atomic mass is 35.5. The van der Waals surface area contributed by atoms with E-state index in [1.54, 1.807) is 38.1 Å². The van der Waals surface area contributed by atoms with Gasteiger partial charge < -0.3 is 5.32 Å². The van der Waals surface area contributed by atoms with Crippen LogP contribution in [0.1, 0.15) is 11.3 Å². The molecule has 0 saturated heterocycles. The third-order valence-corrected chi connectivity index (χ3v) is 4.79. The minimum atomic E-state index is -0.539. The SMILES string of the molecule is Cc1nc(-c2cccc(Cl)c2)n(CC(=O)Nc2cc(F)ccc2Cl)c(=O)c1C. The number of aromatic nitrogens is 2. The van der Waals surface area contributed by atoms with Gasteiger partial charge in [-0.25, -0.2) is 9.37 Å². The van der Waals surface area contributed by atoms with E-state index in [4.69, 9.17) is 23.2 Å². The van der Waals surface area contributed by atoms with Gasteiger partial charge >= 0.3 is 0 Å². The van der Waals surface area contributed by atoms with Crippen molar-refractivity contribution in [3.05, 3.63) is 79.9 Å². The van der Waals surface area contributed by atoms with Gasteiger partial charge in [-0.2, -0.15) is 0 Å². The highest BCUT2D eigenvalue weighted by Gasteiger charge is 2.17. The zero-order valence-electron chi connectivity index (χ0n) is 15.1. The van der Waals surface area contributed by atoms with Crippen molar-refractivity contribution >= 4 is 34.8 Å². The third-order valence-electron chi connectivity index (χ3n) is 4.22. The lowest BCUT2D eigenvalue weighted by atomic mass is 10.1. The molecule has 144 valence electrons. The molecule has 3 rings (SSSR count). The Labute approximate surface area is 170 Å². The van der Waals surface area contributed by atoms with Crippen molar-refractivity contribution < 1.29 is 9.18 Å². The first-order chi connectivity index (χ1) is 13.3. The molecule has 0 fully saturated rings. The lowest BCUT2D eigenvalue weighted by Gasteiger charge is -2.15. The van der Waals surface area contributed by atoms with Gasteiger partial charge in [-0.15, -0.1) is 0 Å². The molecule has 8 heteroatoms. The number of nitrogens with one attached hydrogen (secondary N) is 1. The summed E-state index contributed by atoms with van der Waals surface area (Å²) in [6, 6.07) is 10.5. The number of anilines is 1. The van der Waals surface area contributed by atoms with Crippen molar-refractivity contribution in [3.8, 4) is 11.4 Å². The second-order valence-corrected chi connectivity index (χ2v) is 7.06. The summed E-state index contributed by atoms with van der Waals surface area (Å²) in [6.07, 6.45) is 0. The van der Waals surface area contributed by atoms with Crippen LogP contribution >= 0.6 is 23.2 Å². The van der Waals surface area contributed by atoms with Crippen LogP contribution in [0.5, 0.6) is 0 Å². The van der Waals surface area contributed by atoms with Gasteiger partial charge in [0.05, 0.1) is 10.7 Å². The molecule has 1 amide bonds. The topological polar surface area (TPSA) is 64.0 Å². The Morgan fingerprint density at radius 2 is 1.93 bits per heavy atom. The van der Waals surface area contributed by atoms with Crippen molar-refractivity contribution in [1.29, 1.82) is 0 Å². The van der Waals surface area contributed by atoms with Gasteiger partial charge in [0.15, 0.2) is 0 Å². The maximum Gasteiger partial charge on any atom is 0.257 e. The molecule has 1 heterocycles. The van der Waals surface area contributed by atoms with Gasteiger partial charge in [0.1, 0.15) is 18.2 Å². The summed E-state index contributed by atoms with van der Waals surface area (Å²) in [4.78, 5) is 29.8. The van der Waals surface area contributed by atoms with E-state index in [0.29, 0.717) is 27.7 Å². The standard InChI is InChI=1S/C20H16Cl2FN3O2/c1-11-12(2)24-19(13-4-3-5-14(21)8-13)26(20(11)28)10-18(27)25-17-9-15(23)6-7-16(17)22/h3-9H,10H2,1-2H3,(H,25,27). The number of nitrogens with zero attached hydrogens (tertiary/aromatic N) is 2. The number of aryl methyl sites for hydroxylation is 1. The summed E-state index contributed by atoms with van der Waals surface area (Å²) in [5.41, 5.74) is 1.38. The van der Waals surface area contributed by atoms with Crippen molar-refractivity contribution in [2.24, 2.45) is 0 Å². The van der Waals surface area contributed by atoms with Crippen LogP contribution in [0.2, 0.25) is 10.0 Å². The third kappa shape index (κ3) is 4.24. The van der Waals surface area contributed by atoms with E-state index >= 15 is 0 Å². The monoisotopic (exact) mass is 419 g/mol. The first-order valence-corrected chi connectivity index (χ1v) is 9.10. The normalized spacial score (nSPS) is 10.8. The van der Waals surface area contributed by atoms with Crippen LogP contribution in [0.25, 0.3) is 11.4 Å². The number of carbonyl (C=O) groups is 1. The average Bonchev–Trinajstić information content (AvgIpc) is 2.65. The molecule has 2 aromatic carbocycles. The minimum absolute atomic E-state index is 0.126. The molecule has 28 heavy (non-hydrogen) atoms. The van der Waals surface area contributed by atoms with Crippen LogP contribution in [0.4, 0.5) is 10.1 Å². The number of hydrogen-bond acceptors (Lipinski definition) is 3. The molecule has 3 aromatic rings. The van der Waals surface area contributed by atoms with E-state index in [2.05, 4.69) is 10.3 Å². The average molecular weight is 420 g/mol. The van der Waals surface area contributed by atoms with Crippen molar-refractivity contribution in [2.75, 3.05) is 5.32 Å². The Morgan fingerprint density at radius 1 is 1.18 bits per heavy atom. The fourth-order valence-corrected chi connectivity index (χ4v) is 3.03. The number of rotatable bonds is 4. The Kier molecular flexibility index (Phi) is 5.82. The highest BCUT2D eigenvalue weighted by Crippen LogP contribution is 2.23. The summed E-state index contributed by atoms with van der Waals surface area (Å²) >= 11 is 12.0. The van der Waals surface area contributed by atoms with Gasteiger partial charge in [0.25, 0.3) is 5.56 Å². The number of carbonyl (C=O) groups excluding carboxylic acids is 1. The quantitative estimate of drug-likeness (QED) is 0.671. The van der Waals surface area contributed by atoms with Crippen molar-refractivity contribution in [3.63, 3.8) is 0 Å². The lowest BCUT2D eigenvalue weighted by molar-refractivity contribution is -0.116. The van der Waals surface area contributed by atoms with E-state index in [1.807, 2.05) is 0 Å². The molecule has 0 aliphatic carbocycles. The number of amides is 1. The maximum atomic E-state index is 13.4. The van der Waals surface area contributed by atoms with Crippen molar-refractivity contribution in [2.45, 2.75) is 20.4 Å². The van der Waals surface area contributed by atoms with Crippen LogP contribution in [-0.4, -0.2) is 15.5 Å². The van der Waals surface area contributed by atoms with E-state index in [9.17, 15) is 14.0 Å². The number of hydrogen-bond donors (Lipinski definition) is 1. The van der Waals surface area contributed by atoms with Gasteiger partial charge in [0, 0.05) is 21.8 Å². The van der Waals surface area contributed by atoms with Crippen LogP contribution in [-0.2, 0) is 11.3 Å². The molecule has 0 aliphatic rings. The first-order valence-electron chi connectivity index (χ1n) is 8.35. The zero-order valence-corrected chi connectivity index (χ0v) is 16.6. The lowest BCUT2D eigenvalue weighted by Crippen LogP contribution is -2.31. The van der Waals surface area contributed by atoms with E-state index in [0.717, 1.165) is 6.07 Å². The fourth-order valence-electron chi connectivity index (χ4n) is 2.68. The molecule has 0 spiro atoms. The fraction of sp³-hybridized carbons (Fsp3) is 0.150. The minimum Gasteiger partial charge on any atom is -0.323 e. The maximum absolute atomic E-state index is 13.4. The summed E-state index contributed by atoms with van der Waals surface area (Å²) in [5.74, 6) is -0.761. The van der Waals surface area contributed by atoms with Crippen LogP contribution in [0.3, 0.4) is 0 Å². The number of benzene rings is 2.